The largest absolute Gasteiger partial charge is 0.492 e. The second-order valence-corrected chi connectivity index (χ2v) is 6.83. The fraction of sp³-hybridized carbons (Fsp3) is 0.474. The van der Waals surface area contributed by atoms with E-state index in [1.807, 2.05) is 6.07 Å². The van der Waals surface area contributed by atoms with Gasteiger partial charge in [-0.3, -0.25) is 4.90 Å². The molecule has 25 heavy (non-hydrogen) atoms. The first-order chi connectivity index (χ1) is 12.1. The van der Waals surface area contributed by atoms with Gasteiger partial charge in [-0.2, -0.15) is 0 Å². The van der Waals surface area contributed by atoms with Crippen LogP contribution in [0.1, 0.15) is 46.0 Å². The summed E-state index contributed by atoms with van der Waals surface area (Å²) in [6, 6.07) is 5.24. The number of carboxylic acids is 1. The van der Waals surface area contributed by atoms with Crippen molar-refractivity contribution in [2.24, 2.45) is 7.05 Å². The van der Waals surface area contributed by atoms with Crippen molar-refractivity contribution < 1.29 is 14.6 Å². The van der Waals surface area contributed by atoms with E-state index in [1.54, 1.807) is 12.1 Å². The van der Waals surface area contributed by atoms with E-state index in [4.69, 9.17) is 9.72 Å². The molecule has 0 fully saturated rings. The Hall–Kier alpha value is -2.34. The molecule has 4 rings (SSSR count). The van der Waals surface area contributed by atoms with Crippen molar-refractivity contribution in [3.05, 3.63) is 46.5 Å². The van der Waals surface area contributed by atoms with Crippen molar-refractivity contribution in [3.8, 4) is 5.75 Å². The average Bonchev–Trinajstić information content (AvgIpc) is 2.78. The van der Waals surface area contributed by atoms with Crippen LogP contribution in [0, 0.1) is 0 Å². The van der Waals surface area contributed by atoms with Crippen LogP contribution in [0.2, 0.25) is 0 Å². The molecule has 132 valence electrons. The molecule has 0 radical (unpaired) electrons. The van der Waals surface area contributed by atoms with Gasteiger partial charge in [0.1, 0.15) is 18.2 Å². The predicted molar refractivity (Wildman–Crippen MR) is 92.9 cm³/mol. The number of rotatable bonds is 3. The number of hydrogen-bond donors (Lipinski definition) is 1. The van der Waals surface area contributed by atoms with Crippen molar-refractivity contribution in [2.45, 2.75) is 38.8 Å². The maximum absolute atomic E-state index is 11.5. The van der Waals surface area contributed by atoms with E-state index in [1.165, 1.54) is 24.2 Å². The van der Waals surface area contributed by atoms with Gasteiger partial charge in [-0.15, -0.1) is 0 Å². The van der Waals surface area contributed by atoms with Gasteiger partial charge in [0.05, 0.1) is 17.8 Å². The Morgan fingerprint density at radius 3 is 2.96 bits per heavy atom. The van der Waals surface area contributed by atoms with Gasteiger partial charge >= 0.3 is 5.97 Å². The molecule has 0 atom stereocenters. The van der Waals surface area contributed by atoms with Gasteiger partial charge in [-0.1, -0.05) is 6.07 Å². The molecule has 2 heterocycles. The summed E-state index contributed by atoms with van der Waals surface area (Å²) in [5.41, 5.74) is 3.68. The molecule has 0 amide bonds. The SMILES string of the molecule is Cn1c(CN2CCOc3cccc(C(=O)O)c3C2)nc2c1CCCC2. The fourth-order valence-corrected chi connectivity index (χ4v) is 3.87. The van der Waals surface area contributed by atoms with Crippen molar-refractivity contribution in [1.82, 2.24) is 14.5 Å². The minimum absolute atomic E-state index is 0.323. The molecular weight excluding hydrogens is 318 g/mol. The van der Waals surface area contributed by atoms with Gasteiger partial charge in [0.15, 0.2) is 0 Å². The van der Waals surface area contributed by atoms with E-state index >= 15 is 0 Å². The molecule has 6 nitrogen and oxygen atoms in total. The zero-order chi connectivity index (χ0) is 17.4. The van der Waals surface area contributed by atoms with E-state index in [0.29, 0.717) is 31.0 Å². The first kappa shape index (κ1) is 16.1. The Kier molecular flexibility index (Phi) is 4.21. The highest BCUT2D eigenvalue weighted by molar-refractivity contribution is 5.90. The highest BCUT2D eigenvalue weighted by Gasteiger charge is 2.24. The van der Waals surface area contributed by atoms with Crippen LogP contribution < -0.4 is 4.74 Å². The maximum atomic E-state index is 11.5. The summed E-state index contributed by atoms with van der Waals surface area (Å²) < 4.78 is 8.01. The third kappa shape index (κ3) is 3.02. The lowest BCUT2D eigenvalue weighted by molar-refractivity contribution is 0.0694. The van der Waals surface area contributed by atoms with Gasteiger partial charge in [-0.25, -0.2) is 9.78 Å². The number of aromatic carboxylic acids is 1. The van der Waals surface area contributed by atoms with Crippen LogP contribution in [0.25, 0.3) is 0 Å². The Bertz CT molecular complexity index is 812. The summed E-state index contributed by atoms with van der Waals surface area (Å²) in [4.78, 5) is 18.6. The van der Waals surface area contributed by atoms with Crippen LogP contribution >= 0.6 is 0 Å². The van der Waals surface area contributed by atoms with Gasteiger partial charge in [-0.05, 0) is 37.8 Å². The van der Waals surface area contributed by atoms with E-state index in [9.17, 15) is 9.90 Å². The normalized spacial score (nSPS) is 17.3. The summed E-state index contributed by atoms with van der Waals surface area (Å²) in [5.74, 6) is 0.833. The fourth-order valence-electron chi connectivity index (χ4n) is 3.87. The molecule has 1 aromatic heterocycles. The number of hydrogen-bond acceptors (Lipinski definition) is 4. The number of nitrogens with zero attached hydrogens (tertiary/aromatic N) is 3. The molecule has 1 aromatic carbocycles. The lowest BCUT2D eigenvalue weighted by atomic mass is 10.0. The quantitative estimate of drug-likeness (QED) is 0.928. The van der Waals surface area contributed by atoms with Crippen LogP contribution in [-0.4, -0.2) is 38.7 Å². The number of benzene rings is 1. The van der Waals surface area contributed by atoms with Crippen molar-refractivity contribution in [2.75, 3.05) is 13.2 Å². The zero-order valence-electron chi connectivity index (χ0n) is 14.5. The van der Waals surface area contributed by atoms with E-state index < -0.39 is 5.97 Å². The Morgan fingerprint density at radius 2 is 2.16 bits per heavy atom. The van der Waals surface area contributed by atoms with Crippen LogP contribution in [0.4, 0.5) is 0 Å². The highest BCUT2D eigenvalue weighted by Crippen LogP contribution is 2.28. The topological polar surface area (TPSA) is 67.6 Å². The summed E-state index contributed by atoms with van der Waals surface area (Å²) >= 11 is 0. The lowest BCUT2D eigenvalue weighted by Crippen LogP contribution is -2.27. The van der Waals surface area contributed by atoms with Crippen LogP contribution in [0.3, 0.4) is 0 Å². The second kappa shape index (κ2) is 6.52. The lowest BCUT2D eigenvalue weighted by Gasteiger charge is -2.20. The number of aryl methyl sites for hydroxylation is 1. The van der Waals surface area contributed by atoms with E-state index in [-0.39, 0.29) is 0 Å². The second-order valence-electron chi connectivity index (χ2n) is 6.83. The first-order valence-electron chi connectivity index (χ1n) is 8.87. The van der Waals surface area contributed by atoms with Crippen molar-refractivity contribution in [3.63, 3.8) is 0 Å². The molecule has 0 bridgehead atoms. The molecule has 1 aliphatic carbocycles. The minimum Gasteiger partial charge on any atom is -0.492 e. The van der Waals surface area contributed by atoms with Crippen LogP contribution in [-0.2, 0) is 33.0 Å². The molecule has 0 saturated carbocycles. The molecule has 2 aromatic rings. The van der Waals surface area contributed by atoms with Crippen molar-refractivity contribution >= 4 is 5.97 Å². The molecular formula is C19H23N3O3. The molecule has 6 heteroatoms. The number of carboxylic acid groups (broad SMARTS) is 1. The average molecular weight is 341 g/mol. The van der Waals surface area contributed by atoms with Crippen LogP contribution in [0.5, 0.6) is 5.75 Å². The number of carbonyl (C=O) groups is 1. The number of fused-ring (bicyclic) bond motifs is 2. The Balaban J connectivity index is 1.60. The number of ether oxygens (including phenoxy) is 1. The van der Waals surface area contributed by atoms with Crippen molar-refractivity contribution in [1.29, 1.82) is 0 Å². The number of aromatic nitrogens is 2. The summed E-state index contributed by atoms with van der Waals surface area (Å²) in [5, 5.41) is 9.47. The van der Waals surface area contributed by atoms with E-state index in [0.717, 1.165) is 30.8 Å². The molecule has 0 spiro atoms. The molecule has 1 N–H and O–H groups in total. The minimum atomic E-state index is -0.908. The summed E-state index contributed by atoms with van der Waals surface area (Å²) in [6.45, 7) is 2.58. The van der Waals surface area contributed by atoms with Gasteiger partial charge < -0.3 is 14.4 Å². The van der Waals surface area contributed by atoms with Gasteiger partial charge in [0, 0.05) is 31.4 Å². The Labute approximate surface area is 147 Å². The third-order valence-corrected chi connectivity index (χ3v) is 5.24. The molecule has 0 saturated heterocycles. The first-order valence-corrected chi connectivity index (χ1v) is 8.87. The Morgan fingerprint density at radius 1 is 1.32 bits per heavy atom. The number of imidazole rings is 1. The monoisotopic (exact) mass is 341 g/mol. The smallest absolute Gasteiger partial charge is 0.336 e. The molecule has 2 aliphatic rings. The molecule has 0 unspecified atom stereocenters. The third-order valence-electron chi connectivity index (χ3n) is 5.24. The predicted octanol–water partition coefficient (Wildman–Crippen LogP) is 2.39. The molecule has 1 aliphatic heterocycles. The highest BCUT2D eigenvalue weighted by atomic mass is 16.5. The summed E-state index contributed by atoms with van der Waals surface area (Å²) in [7, 11) is 2.09. The van der Waals surface area contributed by atoms with Crippen LogP contribution in [0.15, 0.2) is 18.2 Å². The standard InChI is InChI=1S/C19H23N3O3/c1-21-16-7-3-2-6-15(16)20-18(21)12-22-9-10-25-17-8-4-5-13(19(23)24)14(17)11-22/h4-5,8H,2-3,6-7,9-12H2,1H3,(H,23,24). The summed E-state index contributed by atoms with van der Waals surface area (Å²) in [6.07, 6.45) is 4.63. The maximum Gasteiger partial charge on any atom is 0.336 e. The van der Waals surface area contributed by atoms with E-state index in [2.05, 4.69) is 16.5 Å². The van der Waals surface area contributed by atoms with Gasteiger partial charge in [0.25, 0.3) is 0 Å². The van der Waals surface area contributed by atoms with Gasteiger partial charge in [0.2, 0.25) is 0 Å². The zero-order valence-corrected chi connectivity index (χ0v) is 14.5.